The number of unbranched alkanes of at least 4 members (excludes halogenated alkanes) is 2. The van der Waals surface area contributed by atoms with Crippen molar-refractivity contribution >= 4 is 45.5 Å². The molecule has 0 saturated carbocycles. The van der Waals surface area contributed by atoms with Crippen molar-refractivity contribution in [1.82, 2.24) is 0 Å². The van der Waals surface area contributed by atoms with Gasteiger partial charge in [0.1, 0.15) is 12.6 Å². The van der Waals surface area contributed by atoms with Gasteiger partial charge in [0.25, 0.3) is 0 Å². The average molecular weight is 617 g/mol. The largest absolute Gasteiger partial charge is 0.374 e. The maximum absolute atomic E-state index is 10.9. The topological polar surface area (TPSA) is 40.6 Å². The standard InChI is InChI=1S/C34H56N4O2S2/c1-35(33-17-13-31(29-39)14-18-33)21-11-25-37(3,4)23-7-9-27-41-42-28-10-8-24-38(5,6)26-12-22-36(2)34-19-15-32(30-40)16-20-34/h13-20,29-30H,7-12,21-28H2,1-6H3/q+2. The Bertz CT molecular complexity index is 945. The molecule has 0 aliphatic heterocycles. The van der Waals surface area contributed by atoms with Gasteiger partial charge < -0.3 is 18.8 Å². The van der Waals surface area contributed by atoms with E-state index in [-0.39, 0.29) is 0 Å². The lowest BCUT2D eigenvalue weighted by Crippen LogP contribution is -2.42. The van der Waals surface area contributed by atoms with Crippen LogP contribution in [0.3, 0.4) is 0 Å². The van der Waals surface area contributed by atoms with Gasteiger partial charge in [0.05, 0.1) is 54.4 Å². The molecule has 234 valence electrons. The van der Waals surface area contributed by atoms with Crippen LogP contribution in [0.1, 0.15) is 59.2 Å². The van der Waals surface area contributed by atoms with Gasteiger partial charge in [-0.05, 0) is 74.2 Å². The average Bonchev–Trinajstić information content (AvgIpc) is 2.97. The molecular formula is C34H56N4O2S2+2. The Kier molecular flexibility index (Phi) is 16.6. The first-order valence-electron chi connectivity index (χ1n) is 15.5. The SMILES string of the molecule is CN(CCC[N+](C)(C)CCCCSSCCCC[N+](C)(C)CCCN(C)c1ccc(C=O)cc1)c1ccc(C=O)cc1. The Hall–Kier alpha value is -2.00. The molecule has 0 atom stereocenters. The molecule has 2 rings (SSSR count). The molecule has 0 spiro atoms. The van der Waals surface area contributed by atoms with Gasteiger partial charge in [-0.25, -0.2) is 0 Å². The first kappa shape index (κ1) is 36.2. The zero-order valence-electron chi connectivity index (χ0n) is 27.1. The molecule has 0 saturated heterocycles. The first-order chi connectivity index (χ1) is 20.0. The van der Waals surface area contributed by atoms with E-state index in [9.17, 15) is 9.59 Å². The second kappa shape index (κ2) is 19.3. The Morgan fingerprint density at radius 2 is 0.881 bits per heavy atom. The summed E-state index contributed by atoms with van der Waals surface area (Å²) in [5.41, 5.74) is 3.80. The number of aldehydes is 2. The molecule has 0 fully saturated rings. The normalized spacial score (nSPS) is 11.9. The van der Waals surface area contributed by atoms with Gasteiger partial charge in [-0.2, -0.15) is 0 Å². The summed E-state index contributed by atoms with van der Waals surface area (Å²) < 4.78 is 2.16. The van der Waals surface area contributed by atoms with Crippen molar-refractivity contribution in [1.29, 1.82) is 0 Å². The second-order valence-corrected chi connectivity index (χ2v) is 15.5. The smallest absolute Gasteiger partial charge is 0.150 e. The number of anilines is 2. The van der Waals surface area contributed by atoms with Crippen LogP contribution in [-0.2, 0) is 0 Å². The summed E-state index contributed by atoms with van der Waals surface area (Å²) in [5.74, 6) is 2.49. The highest BCUT2D eigenvalue weighted by molar-refractivity contribution is 8.76. The van der Waals surface area contributed by atoms with Crippen molar-refractivity contribution in [3.8, 4) is 0 Å². The maximum atomic E-state index is 10.9. The fraction of sp³-hybridized carbons (Fsp3) is 0.588. The summed E-state index contributed by atoms with van der Waals surface area (Å²) in [6, 6.07) is 15.7. The van der Waals surface area contributed by atoms with E-state index < -0.39 is 0 Å². The minimum absolute atomic E-state index is 0.730. The van der Waals surface area contributed by atoms with Crippen LogP contribution in [0.2, 0.25) is 0 Å². The highest BCUT2D eigenvalue weighted by atomic mass is 33.1. The fourth-order valence-electron chi connectivity index (χ4n) is 5.09. The molecule has 2 aromatic carbocycles. The summed E-state index contributed by atoms with van der Waals surface area (Å²) >= 11 is 0. The summed E-state index contributed by atoms with van der Waals surface area (Å²) in [7, 11) is 17.8. The van der Waals surface area contributed by atoms with Gasteiger partial charge in [0.15, 0.2) is 0 Å². The van der Waals surface area contributed by atoms with Crippen LogP contribution in [0.4, 0.5) is 11.4 Å². The van der Waals surface area contributed by atoms with Crippen molar-refractivity contribution < 1.29 is 18.6 Å². The third-order valence-corrected chi connectivity index (χ3v) is 10.6. The monoisotopic (exact) mass is 616 g/mol. The highest BCUT2D eigenvalue weighted by Gasteiger charge is 2.16. The van der Waals surface area contributed by atoms with E-state index in [2.05, 4.69) is 73.7 Å². The number of nitrogens with zero attached hydrogens (tertiary/aromatic N) is 4. The molecule has 8 heteroatoms. The third kappa shape index (κ3) is 14.9. The van der Waals surface area contributed by atoms with Crippen LogP contribution in [-0.4, -0.2) is 115 Å². The van der Waals surface area contributed by atoms with E-state index in [4.69, 9.17) is 0 Å². The van der Waals surface area contributed by atoms with Gasteiger partial charge in [-0.1, -0.05) is 21.6 Å². The number of quaternary nitrogens is 2. The summed E-state index contributed by atoms with van der Waals surface area (Å²) in [6.07, 6.45) is 9.27. The Labute approximate surface area is 264 Å². The lowest BCUT2D eigenvalue weighted by atomic mass is 10.2. The van der Waals surface area contributed by atoms with Crippen molar-refractivity contribution in [3.05, 3.63) is 59.7 Å². The number of hydrogen-bond donors (Lipinski definition) is 0. The maximum Gasteiger partial charge on any atom is 0.150 e. The van der Waals surface area contributed by atoms with Gasteiger partial charge in [-0.15, -0.1) is 0 Å². The molecule has 0 N–H and O–H groups in total. The first-order valence-corrected chi connectivity index (χ1v) is 18.0. The van der Waals surface area contributed by atoms with E-state index in [1.165, 1.54) is 74.7 Å². The van der Waals surface area contributed by atoms with Crippen molar-refractivity contribution in [2.45, 2.75) is 38.5 Å². The minimum Gasteiger partial charge on any atom is -0.374 e. The lowest BCUT2D eigenvalue weighted by molar-refractivity contribution is -0.890. The molecule has 0 amide bonds. The van der Waals surface area contributed by atoms with Gasteiger partial charge >= 0.3 is 0 Å². The van der Waals surface area contributed by atoms with Gasteiger partial charge in [0.2, 0.25) is 0 Å². The van der Waals surface area contributed by atoms with Crippen molar-refractivity contribution in [3.63, 3.8) is 0 Å². The van der Waals surface area contributed by atoms with Crippen LogP contribution in [0.25, 0.3) is 0 Å². The quantitative estimate of drug-likeness (QED) is 0.0595. The molecule has 0 heterocycles. The molecule has 0 bridgehead atoms. The van der Waals surface area contributed by atoms with Crippen molar-refractivity contribution in [2.24, 2.45) is 0 Å². The zero-order chi connectivity index (χ0) is 30.8. The molecule has 0 unspecified atom stereocenters. The second-order valence-electron chi connectivity index (χ2n) is 12.8. The molecular weight excluding hydrogens is 561 g/mol. The Morgan fingerprint density at radius 1 is 0.548 bits per heavy atom. The number of carbonyl (C=O) groups excluding carboxylic acids is 2. The molecule has 0 aliphatic rings. The molecule has 0 aliphatic carbocycles. The lowest BCUT2D eigenvalue weighted by Gasteiger charge is -2.31. The van der Waals surface area contributed by atoms with E-state index in [0.29, 0.717) is 0 Å². The van der Waals surface area contributed by atoms with E-state index >= 15 is 0 Å². The number of rotatable bonds is 23. The van der Waals surface area contributed by atoms with Gasteiger partial charge in [-0.3, -0.25) is 9.59 Å². The molecule has 2 aromatic rings. The van der Waals surface area contributed by atoms with E-state index in [1.807, 2.05) is 48.5 Å². The van der Waals surface area contributed by atoms with Crippen LogP contribution >= 0.6 is 21.6 Å². The summed E-state index contributed by atoms with van der Waals surface area (Å²) in [5, 5.41) is 0. The zero-order valence-corrected chi connectivity index (χ0v) is 28.7. The van der Waals surface area contributed by atoms with Crippen LogP contribution in [0.15, 0.2) is 48.5 Å². The van der Waals surface area contributed by atoms with Crippen LogP contribution in [0.5, 0.6) is 0 Å². The number of benzene rings is 2. The highest BCUT2D eigenvalue weighted by Crippen LogP contribution is 2.24. The van der Waals surface area contributed by atoms with Crippen LogP contribution < -0.4 is 9.80 Å². The van der Waals surface area contributed by atoms with E-state index in [1.54, 1.807) is 0 Å². The Balaban J connectivity index is 1.45. The van der Waals surface area contributed by atoms with Crippen LogP contribution in [0, 0.1) is 0 Å². The predicted molar refractivity (Wildman–Crippen MR) is 187 cm³/mol. The molecule has 0 radical (unpaired) electrons. The Morgan fingerprint density at radius 3 is 1.21 bits per heavy atom. The van der Waals surface area contributed by atoms with Gasteiger partial charge in [0, 0.05) is 74.0 Å². The summed E-state index contributed by atoms with van der Waals surface area (Å²) in [4.78, 5) is 26.3. The molecule has 6 nitrogen and oxygen atoms in total. The predicted octanol–water partition coefficient (Wildman–Crippen LogP) is 6.76. The third-order valence-electron chi connectivity index (χ3n) is 8.02. The minimum atomic E-state index is 0.730. The molecule has 0 aromatic heterocycles. The summed E-state index contributed by atoms with van der Waals surface area (Å²) in [6.45, 7) is 6.89. The van der Waals surface area contributed by atoms with E-state index in [0.717, 1.165) is 58.6 Å². The van der Waals surface area contributed by atoms with Crippen molar-refractivity contribution in [2.75, 3.05) is 103 Å². The number of carbonyl (C=O) groups is 2. The molecule has 42 heavy (non-hydrogen) atoms. The fourth-order valence-corrected chi connectivity index (χ4v) is 7.38. The number of hydrogen-bond acceptors (Lipinski definition) is 6.